The molecule has 9 heavy (non-hydrogen) atoms. The van der Waals surface area contributed by atoms with Crippen molar-refractivity contribution in [2.75, 3.05) is 0 Å². The normalized spacial score (nSPS) is 13.0. The van der Waals surface area contributed by atoms with Gasteiger partial charge in [0.2, 0.25) is 0 Å². The van der Waals surface area contributed by atoms with Crippen LogP contribution in [-0.4, -0.2) is 9.55 Å². The van der Waals surface area contributed by atoms with E-state index in [0.29, 0.717) is 0 Å². The summed E-state index contributed by atoms with van der Waals surface area (Å²) in [7, 11) is 0. The first kappa shape index (κ1) is 6.36. The molecule has 0 aliphatic heterocycles. The van der Waals surface area contributed by atoms with Gasteiger partial charge in [-0.3, -0.25) is 0 Å². The predicted octanol–water partition coefficient (Wildman–Crippen LogP) is 1.81. The van der Waals surface area contributed by atoms with E-state index in [0.717, 1.165) is 0 Å². The molecule has 1 atom stereocenters. The van der Waals surface area contributed by atoms with E-state index in [2.05, 4.69) is 11.6 Å². The number of allylic oxidation sites excluding steroid dienone is 1. The van der Waals surface area contributed by atoms with Gasteiger partial charge in [-0.1, -0.05) is 24.3 Å². The van der Waals surface area contributed by atoms with Crippen molar-refractivity contribution in [3.05, 3.63) is 31.4 Å². The Labute approximate surface area is 58.8 Å². The predicted molar refractivity (Wildman–Crippen MR) is 37.3 cm³/mol. The number of halogens is 1. The second kappa shape index (κ2) is 2.69. The van der Waals surface area contributed by atoms with Gasteiger partial charge in [-0.25, -0.2) is 4.98 Å². The summed E-state index contributed by atoms with van der Waals surface area (Å²) >= 11 is 5.74. The summed E-state index contributed by atoms with van der Waals surface area (Å²) in [4.78, 5) is 3.82. The second-order valence-electron chi connectivity index (χ2n) is 1.62. The minimum atomic E-state index is -0.174. The van der Waals surface area contributed by atoms with Crippen LogP contribution in [-0.2, 0) is 0 Å². The molecular formula is C6H7ClN2. The van der Waals surface area contributed by atoms with Crippen molar-refractivity contribution in [2.24, 2.45) is 0 Å². The molecule has 1 heterocycles. The van der Waals surface area contributed by atoms with Crippen LogP contribution in [0.3, 0.4) is 0 Å². The van der Waals surface area contributed by atoms with Gasteiger partial charge < -0.3 is 4.57 Å². The molecule has 0 aliphatic rings. The molecule has 0 spiro atoms. The fourth-order valence-electron chi connectivity index (χ4n) is 0.537. The van der Waals surface area contributed by atoms with E-state index < -0.39 is 0 Å². The van der Waals surface area contributed by atoms with E-state index in [9.17, 15) is 0 Å². The molecule has 1 rings (SSSR count). The minimum Gasteiger partial charge on any atom is -0.317 e. The largest absolute Gasteiger partial charge is 0.317 e. The molecule has 0 radical (unpaired) electrons. The fourth-order valence-corrected chi connectivity index (χ4v) is 0.653. The van der Waals surface area contributed by atoms with Crippen molar-refractivity contribution >= 4 is 11.6 Å². The van der Waals surface area contributed by atoms with Crippen LogP contribution in [0.2, 0.25) is 0 Å². The van der Waals surface area contributed by atoms with E-state index in [4.69, 9.17) is 11.6 Å². The Hall–Kier alpha value is -0.760. The molecule has 0 saturated heterocycles. The molecule has 3 heteroatoms. The number of aromatic nitrogens is 2. The number of imidazole rings is 1. The van der Waals surface area contributed by atoms with Gasteiger partial charge in [-0.05, 0) is 0 Å². The first-order valence-corrected chi connectivity index (χ1v) is 3.02. The van der Waals surface area contributed by atoms with Gasteiger partial charge in [0, 0.05) is 12.4 Å². The number of hydrogen-bond donors (Lipinski definition) is 0. The quantitative estimate of drug-likeness (QED) is 0.455. The van der Waals surface area contributed by atoms with Crippen molar-refractivity contribution < 1.29 is 0 Å². The summed E-state index contributed by atoms with van der Waals surface area (Å²) in [5.41, 5.74) is -0.174. The van der Waals surface area contributed by atoms with Crippen molar-refractivity contribution in [3.8, 4) is 0 Å². The fraction of sp³-hybridized carbons (Fsp3) is 0.167. The zero-order valence-electron chi connectivity index (χ0n) is 4.87. The maximum atomic E-state index is 5.74. The van der Waals surface area contributed by atoms with Crippen LogP contribution < -0.4 is 0 Å². The average Bonchev–Trinajstić information content (AvgIpc) is 2.37. The molecule has 48 valence electrons. The molecule has 0 amide bonds. The smallest absolute Gasteiger partial charge is 0.127 e. The zero-order valence-corrected chi connectivity index (χ0v) is 5.62. The minimum absolute atomic E-state index is 0.174. The Morgan fingerprint density at radius 1 is 1.78 bits per heavy atom. The highest BCUT2D eigenvalue weighted by Crippen LogP contribution is 2.10. The van der Waals surface area contributed by atoms with Crippen molar-refractivity contribution in [2.45, 2.75) is 5.50 Å². The molecule has 1 aromatic rings. The summed E-state index contributed by atoms with van der Waals surface area (Å²) in [5, 5.41) is 0. The molecule has 2 nitrogen and oxygen atoms in total. The Morgan fingerprint density at radius 2 is 2.56 bits per heavy atom. The first-order chi connectivity index (χ1) is 4.34. The maximum Gasteiger partial charge on any atom is 0.127 e. The Bertz CT molecular complexity index is 181. The molecule has 1 unspecified atom stereocenters. The summed E-state index contributed by atoms with van der Waals surface area (Å²) in [6.45, 7) is 3.54. The van der Waals surface area contributed by atoms with Crippen LogP contribution in [0.4, 0.5) is 0 Å². The number of alkyl halides is 1. The van der Waals surface area contributed by atoms with Crippen LogP contribution >= 0.6 is 11.6 Å². The Kier molecular flexibility index (Phi) is 1.90. The molecule has 0 bridgehead atoms. The lowest BCUT2D eigenvalue weighted by molar-refractivity contribution is 0.789. The van der Waals surface area contributed by atoms with E-state index in [-0.39, 0.29) is 5.50 Å². The topological polar surface area (TPSA) is 17.8 Å². The molecule has 0 N–H and O–H groups in total. The highest BCUT2D eigenvalue weighted by Gasteiger charge is 1.96. The van der Waals surface area contributed by atoms with Crippen molar-refractivity contribution in [3.63, 3.8) is 0 Å². The molecule has 0 aromatic carbocycles. The van der Waals surface area contributed by atoms with Crippen LogP contribution in [0.15, 0.2) is 31.4 Å². The second-order valence-corrected chi connectivity index (χ2v) is 2.07. The van der Waals surface area contributed by atoms with Crippen LogP contribution in [0.5, 0.6) is 0 Å². The van der Waals surface area contributed by atoms with Crippen LogP contribution in [0.25, 0.3) is 0 Å². The highest BCUT2D eigenvalue weighted by atomic mass is 35.5. The van der Waals surface area contributed by atoms with Gasteiger partial charge >= 0.3 is 0 Å². The van der Waals surface area contributed by atoms with Gasteiger partial charge in [-0.2, -0.15) is 0 Å². The molecule has 0 saturated carbocycles. The molecular weight excluding hydrogens is 136 g/mol. The first-order valence-electron chi connectivity index (χ1n) is 2.58. The van der Waals surface area contributed by atoms with Gasteiger partial charge in [0.05, 0.1) is 6.33 Å². The number of nitrogens with zero attached hydrogens (tertiary/aromatic N) is 2. The SMILES string of the molecule is C=CC(Cl)n1ccnc1. The van der Waals surface area contributed by atoms with Crippen LogP contribution in [0, 0.1) is 0 Å². The maximum absolute atomic E-state index is 5.74. The third kappa shape index (κ3) is 1.33. The standard InChI is InChI=1S/C6H7ClN2/c1-2-6(7)9-4-3-8-5-9/h2-6H,1H2. The van der Waals surface area contributed by atoms with Gasteiger partial charge in [0.25, 0.3) is 0 Å². The zero-order chi connectivity index (χ0) is 6.69. The van der Waals surface area contributed by atoms with Crippen molar-refractivity contribution in [1.29, 1.82) is 0 Å². The summed E-state index contributed by atoms with van der Waals surface area (Å²) in [6.07, 6.45) is 6.76. The number of rotatable bonds is 2. The lowest BCUT2D eigenvalue weighted by Crippen LogP contribution is -1.93. The molecule has 1 aromatic heterocycles. The summed E-state index contributed by atoms with van der Waals surface area (Å²) < 4.78 is 1.76. The number of hydrogen-bond acceptors (Lipinski definition) is 1. The monoisotopic (exact) mass is 142 g/mol. The summed E-state index contributed by atoms with van der Waals surface area (Å²) in [5.74, 6) is 0. The molecule has 0 fully saturated rings. The summed E-state index contributed by atoms with van der Waals surface area (Å²) in [6, 6.07) is 0. The van der Waals surface area contributed by atoms with Gasteiger partial charge in [0.1, 0.15) is 5.50 Å². The van der Waals surface area contributed by atoms with Gasteiger partial charge in [-0.15, -0.1) is 0 Å². The van der Waals surface area contributed by atoms with E-state index >= 15 is 0 Å². The lowest BCUT2D eigenvalue weighted by Gasteiger charge is -2.01. The van der Waals surface area contributed by atoms with E-state index in [1.807, 2.05) is 0 Å². The van der Waals surface area contributed by atoms with E-state index in [1.165, 1.54) is 0 Å². The molecule has 0 aliphatic carbocycles. The lowest BCUT2D eigenvalue weighted by atomic mass is 10.6. The van der Waals surface area contributed by atoms with Crippen LogP contribution in [0.1, 0.15) is 5.50 Å². The Balaban J connectivity index is 2.76. The average molecular weight is 143 g/mol. The van der Waals surface area contributed by atoms with Gasteiger partial charge in [0.15, 0.2) is 0 Å². The Morgan fingerprint density at radius 3 is 3.00 bits per heavy atom. The highest BCUT2D eigenvalue weighted by molar-refractivity contribution is 6.20. The third-order valence-corrected chi connectivity index (χ3v) is 1.41. The van der Waals surface area contributed by atoms with Crippen molar-refractivity contribution in [1.82, 2.24) is 9.55 Å². The third-order valence-electron chi connectivity index (χ3n) is 1.00. The van der Waals surface area contributed by atoms with E-state index in [1.54, 1.807) is 29.4 Å².